The number of nitrogens with one attached hydrogen (secondary N) is 1. The summed E-state index contributed by atoms with van der Waals surface area (Å²) in [6.45, 7) is 5.40. The van der Waals surface area contributed by atoms with Gasteiger partial charge in [-0.15, -0.1) is 0 Å². The molecule has 1 aromatic heterocycles. The van der Waals surface area contributed by atoms with Crippen LogP contribution in [0.1, 0.15) is 33.3 Å². The first-order chi connectivity index (χ1) is 12.9. The highest BCUT2D eigenvalue weighted by atomic mass is 16.4. The molecular weight excluding hydrogens is 344 g/mol. The number of oxazole rings is 1. The summed E-state index contributed by atoms with van der Waals surface area (Å²) in [5.74, 6) is 1.48. The summed E-state index contributed by atoms with van der Waals surface area (Å²) in [5, 5.41) is 2.84. The Balaban J connectivity index is 1.62. The van der Waals surface area contributed by atoms with Crippen LogP contribution in [0.4, 0.5) is 5.69 Å². The Morgan fingerprint density at radius 3 is 2.81 bits per heavy atom. The van der Waals surface area contributed by atoms with Crippen LogP contribution in [-0.2, 0) is 0 Å². The van der Waals surface area contributed by atoms with E-state index < -0.39 is 0 Å². The van der Waals surface area contributed by atoms with Crippen LogP contribution in [0.25, 0.3) is 0 Å². The highest BCUT2D eigenvalue weighted by Crippen LogP contribution is 2.23. The summed E-state index contributed by atoms with van der Waals surface area (Å²) in [5.41, 5.74) is 9.32. The van der Waals surface area contributed by atoms with Crippen LogP contribution in [-0.4, -0.2) is 34.8 Å². The van der Waals surface area contributed by atoms with E-state index in [1.165, 1.54) is 0 Å². The molecule has 3 N–H and O–H groups in total. The largest absolute Gasteiger partial charge is 0.436 e. The number of rotatable bonds is 3. The van der Waals surface area contributed by atoms with E-state index >= 15 is 0 Å². The SMILES string of the molecule is Cc1nc(C)c(C(=O)Nc2ccc(C)c(C3=NC4C=C(N)C=NC4=N3)c2)o1. The quantitative estimate of drug-likeness (QED) is 0.871. The van der Waals surface area contributed by atoms with Crippen LogP contribution in [0.3, 0.4) is 0 Å². The van der Waals surface area contributed by atoms with Crippen molar-refractivity contribution in [2.45, 2.75) is 26.8 Å². The van der Waals surface area contributed by atoms with Crippen molar-refractivity contribution in [3.63, 3.8) is 0 Å². The maximum Gasteiger partial charge on any atom is 0.293 e. The van der Waals surface area contributed by atoms with Crippen molar-refractivity contribution in [1.29, 1.82) is 0 Å². The summed E-state index contributed by atoms with van der Waals surface area (Å²) in [4.78, 5) is 29.9. The Kier molecular flexibility index (Phi) is 3.95. The fourth-order valence-corrected chi connectivity index (χ4v) is 2.98. The lowest BCUT2D eigenvalue weighted by molar-refractivity contribution is 0.0994. The summed E-state index contributed by atoms with van der Waals surface area (Å²) in [7, 11) is 0. The summed E-state index contributed by atoms with van der Waals surface area (Å²) in [6.07, 6.45) is 3.38. The predicted octanol–water partition coefficient (Wildman–Crippen LogP) is 2.31. The van der Waals surface area contributed by atoms with E-state index in [0.717, 1.165) is 11.1 Å². The third-order valence-corrected chi connectivity index (χ3v) is 4.29. The first-order valence-corrected chi connectivity index (χ1v) is 8.45. The van der Waals surface area contributed by atoms with Gasteiger partial charge in [0.1, 0.15) is 6.04 Å². The first-order valence-electron chi connectivity index (χ1n) is 8.45. The molecule has 0 saturated carbocycles. The normalized spacial score (nSPS) is 17.9. The Morgan fingerprint density at radius 2 is 2.07 bits per heavy atom. The minimum absolute atomic E-state index is 0.203. The van der Waals surface area contributed by atoms with Gasteiger partial charge in [0.2, 0.25) is 5.76 Å². The Morgan fingerprint density at radius 1 is 1.26 bits per heavy atom. The number of fused-ring (bicyclic) bond motifs is 1. The number of hydrogen-bond acceptors (Lipinski definition) is 7. The second-order valence-electron chi connectivity index (χ2n) is 6.42. The molecule has 1 atom stereocenters. The van der Waals surface area contributed by atoms with Gasteiger partial charge in [-0.2, -0.15) is 0 Å². The van der Waals surface area contributed by atoms with Gasteiger partial charge in [0.05, 0.1) is 11.9 Å². The maximum atomic E-state index is 12.5. The highest BCUT2D eigenvalue weighted by molar-refractivity contribution is 6.17. The lowest BCUT2D eigenvalue weighted by atomic mass is 10.1. The van der Waals surface area contributed by atoms with Gasteiger partial charge in [0.15, 0.2) is 17.6 Å². The lowest BCUT2D eigenvalue weighted by Gasteiger charge is -2.08. The average molecular weight is 362 g/mol. The van der Waals surface area contributed by atoms with Crippen LogP contribution < -0.4 is 11.1 Å². The van der Waals surface area contributed by atoms with Gasteiger partial charge in [-0.05, 0) is 37.6 Å². The van der Waals surface area contributed by atoms with E-state index in [1.807, 2.05) is 31.2 Å². The molecule has 8 nitrogen and oxygen atoms in total. The Bertz CT molecular complexity index is 1070. The van der Waals surface area contributed by atoms with E-state index in [4.69, 9.17) is 10.2 Å². The van der Waals surface area contributed by atoms with Crippen molar-refractivity contribution in [2.24, 2.45) is 20.7 Å². The van der Waals surface area contributed by atoms with Crippen molar-refractivity contribution < 1.29 is 9.21 Å². The minimum Gasteiger partial charge on any atom is -0.436 e. The molecule has 0 saturated heterocycles. The monoisotopic (exact) mass is 362 g/mol. The van der Waals surface area contributed by atoms with Gasteiger partial charge in [0, 0.05) is 23.9 Å². The molecule has 0 radical (unpaired) electrons. The third-order valence-electron chi connectivity index (χ3n) is 4.29. The molecule has 1 unspecified atom stereocenters. The fraction of sp³-hybridized carbons (Fsp3) is 0.211. The molecule has 2 aliphatic rings. The Hall–Kier alpha value is -3.55. The lowest BCUT2D eigenvalue weighted by Crippen LogP contribution is -2.18. The van der Waals surface area contributed by atoms with E-state index in [1.54, 1.807) is 20.1 Å². The van der Waals surface area contributed by atoms with Crippen LogP contribution in [0.5, 0.6) is 0 Å². The van der Waals surface area contributed by atoms with Gasteiger partial charge in [0.25, 0.3) is 5.91 Å². The van der Waals surface area contributed by atoms with Crippen molar-refractivity contribution in [1.82, 2.24) is 4.98 Å². The van der Waals surface area contributed by atoms with Crippen molar-refractivity contribution in [2.75, 3.05) is 5.32 Å². The molecule has 8 heteroatoms. The molecule has 4 rings (SSSR count). The number of amides is 1. The average Bonchev–Trinajstić information content (AvgIpc) is 3.18. The molecule has 0 aliphatic carbocycles. The number of dihydropyridines is 1. The van der Waals surface area contributed by atoms with E-state index in [-0.39, 0.29) is 17.7 Å². The van der Waals surface area contributed by atoms with Gasteiger partial charge in [-0.25, -0.2) is 15.0 Å². The number of aryl methyl sites for hydroxylation is 3. The number of amidine groups is 2. The zero-order chi connectivity index (χ0) is 19.1. The summed E-state index contributed by atoms with van der Waals surface area (Å²) >= 11 is 0. The second kappa shape index (κ2) is 6.31. The number of anilines is 1. The number of carbonyl (C=O) groups is 1. The van der Waals surface area contributed by atoms with Gasteiger partial charge in [-0.1, -0.05) is 6.07 Å². The number of aromatic nitrogens is 1. The molecule has 0 bridgehead atoms. The number of allylic oxidation sites excluding steroid dienone is 1. The van der Waals surface area contributed by atoms with Crippen LogP contribution in [0.2, 0.25) is 0 Å². The zero-order valence-corrected chi connectivity index (χ0v) is 15.1. The molecule has 2 aromatic rings. The van der Waals surface area contributed by atoms with Gasteiger partial charge >= 0.3 is 0 Å². The molecule has 1 amide bonds. The smallest absolute Gasteiger partial charge is 0.293 e. The third kappa shape index (κ3) is 3.17. The zero-order valence-electron chi connectivity index (χ0n) is 15.1. The van der Waals surface area contributed by atoms with Crippen LogP contribution in [0.15, 0.2) is 49.4 Å². The first kappa shape index (κ1) is 16.9. The number of benzene rings is 1. The molecular formula is C19H18N6O2. The maximum absolute atomic E-state index is 12.5. The summed E-state index contributed by atoms with van der Waals surface area (Å²) in [6, 6.07) is 5.30. The summed E-state index contributed by atoms with van der Waals surface area (Å²) < 4.78 is 5.37. The van der Waals surface area contributed by atoms with Crippen molar-refractivity contribution in [3.05, 3.63) is 58.4 Å². The van der Waals surface area contributed by atoms with Crippen molar-refractivity contribution in [3.8, 4) is 0 Å². The number of nitrogens with two attached hydrogens (primary N) is 1. The molecule has 0 spiro atoms. The molecule has 3 heterocycles. The van der Waals surface area contributed by atoms with Gasteiger partial charge in [-0.3, -0.25) is 9.79 Å². The number of hydrogen-bond donors (Lipinski definition) is 2. The Labute approximate surface area is 155 Å². The van der Waals surface area contributed by atoms with E-state index in [9.17, 15) is 4.79 Å². The topological polar surface area (TPSA) is 118 Å². The van der Waals surface area contributed by atoms with Crippen LogP contribution >= 0.6 is 0 Å². The predicted molar refractivity (Wildman–Crippen MR) is 104 cm³/mol. The molecule has 1 aromatic carbocycles. The molecule has 136 valence electrons. The fourth-order valence-electron chi connectivity index (χ4n) is 2.98. The highest BCUT2D eigenvalue weighted by Gasteiger charge is 2.25. The van der Waals surface area contributed by atoms with Crippen LogP contribution in [0, 0.1) is 20.8 Å². The number of aliphatic imine (C=N–C) groups is 3. The molecule has 2 aliphatic heterocycles. The standard InChI is InChI=1S/C19H18N6O2/c1-9-4-5-13(23-19(26)16-10(2)22-11(3)27-16)7-14(9)17-24-15-6-12(20)8-21-18(15)25-17/h4-8,15H,20H2,1-3H3,(H,23,26). The second-order valence-corrected chi connectivity index (χ2v) is 6.42. The number of carbonyl (C=O) groups excluding carboxylic acids is 1. The van der Waals surface area contributed by atoms with Crippen molar-refractivity contribution >= 4 is 29.5 Å². The van der Waals surface area contributed by atoms with E-state index in [0.29, 0.717) is 34.6 Å². The molecule has 0 fully saturated rings. The van der Waals surface area contributed by atoms with E-state index in [2.05, 4.69) is 25.3 Å². The minimum atomic E-state index is -0.350. The molecule has 27 heavy (non-hydrogen) atoms. The van der Waals surface area contributed by atoms with Gasteiger partial charge < -0.3 is 15.5 Å². The number of nitrogens with zero attached hydrogens (tertiary/aromatic N) is 4.